The first-order valence-corrected chi connectivity index (χ1v) is 9.11. The van der Waals surface area contributed by atoms with Crippen LogP contribution in [0.1, 0.15) is 69.3 Å². The minimum absolute atomic E-state index is 0.0301. The number of nitrogens with one attached hydrogen (secondary N) is 2. The SMILES string of the molecule is CC(C)c1cccc(C(C)C)c1NC(=S)NC(C)c1csnn1. The fourth-order valence-corrected chi connectivity index (χ4v) is 3.30. The summed E-state index contributed by atoms with van der Waals surface area (Å²) in [5.41, 5.74) is 4.59. The zero-order chi connectivity index (χ0) is 17.0. The van der Waals surface area contributed by atoms with Crippen LogP contribution in [0.15, 0.2) is 23.6 Å². The van der Waals surface area contributed by atoms with Crippen molar-refractivity contribution in [3.63, 3.8) is 0 Å². The summed E-state index contributed by atoms with van der Waals surface area (Å²) in [5.74, 6) is 0.860. The van der Waals surface area contributed by atoms with Crippen molar-refractivity contribution in [3.8, 4) is 0 Å². The molecule has 0 aliphatic carbocycles. The van der Waals surface area contributed by atoms with Crippen molar-refractivity contribution in [2.75, 3.05) is 5.32 Å². The van der Waals surface area contributed by atoms with Crippen LogP contribution in [-0.2, 0) is 0 Å². The minimum atomic E-state index is 0.0301. The molecule has 124 valence electrons. The van der Waals surface area contributed by atoms with Gasteiger partial charge < -0.3 is 10.6 Å². The van der Waals surface area contributed by atoms with E-state index in [1.165, 1.54) is 22.7 Å². The lowest BCUT2D eigenvalue weighted by Crippen LogP contribution is -2.32. The summed E-state index contributed by atoms with van der Waals surface area (Å²) >= 11 is 6.86. The van der Waals surface area contributed by atoms with Crippen LogP contribution in [0.3, 0.4) is 0 Å². The fourth-order valence-electron chi connectivity index (χ4n) is 2.48. The maximum Gasteiger partial charge on any atom is 0.171 e. The van der Waals surface area contributed by atoms with Gasteiger partial charge in [-0.2, -0.15) is 0 Å². The van der Waals surface area contributed by atoms with Gasteiger partial charge in [0.05, 0.1) is 11.7 Å². The summed E-state index contributed by atoms with van der Waals surface area (Å²) < 4.78 is 3.90. The van der Waals surface area contributed by atoms with Crippen LogP contribution in [0.2, 0.25) is 0 Å². The van der Waals surface area contributed by atoms with Gasteiger partial charge >= 0.3 is 0 Å². The van der Waals surface area contributed by atoms with E-state index < -0.39 is 0 Å². The van der Waals surface area contributed by atoms with Gasteiger partial charge in [0.1, 0.15) is 0 Å². The van der Waals surface area contributed by atoms with E-state index in [1.807, 2.05) is 12.3 Å². The van der Waals surface area contributed by atoms with Crippen molar-refractivity contribution >= 4 is 34.6 Å². The Labute approximate surface area is 147 Å². The highest BCUT2D eigenvalue weighted by atomic mass is 32.1. The normalized spacial score (nSPS) is 12.5. The average Bonchev–Trinajstić information content (AvgIpc) is 3.01. The van der Waals surface area contributed by atoms with Crippen LogP contribution in [0, 0.1) is 0 Å². The van der Waals surface area contributed by atoms with E-state index in [0.717, 1.165) is 11.4 Å². The Morgan fingerprint density at radius 1 is 1.09 bits per heavy atom. The van der Waals surface area contributed by atoms with Crippen LogP contribution in [0.4, 0.5) is 5.69 Å². The average molecular weight is 349 g/mol. The number of anilines is 1. The minimum Gasteiger partial charge on any atom is -0.354 e. The number of nitrogens with zero attached hydrogens (tertiary/aromatic N) is 2. The zero-order valence-electron chi connectivity index (χ0n) is 14.3. The second-order valence-corrected chi connectivity index (χ2v) is 7.29. The van der Waals surface area contributed by atoms with E-state index in [9.17, 15) is 0 Å². The lowest BCUT2D eigenvalue weighted by molar-refractivity contribution is 0.692. The summed E-state index contributed by atoms with van der Waals surface area (Å²) in [6.45, 7) is 10.8. The van der Waals surface area contributed by atoms with E-state index in [1.54, 1.807) is 0 Å². The number of hydrogen-bond acceptors (Lipinski definition) is 4. The van der Waals surface area contributed by atoms with Crippen molar-refractivity contribution in [3.05, 3.63) is 40.4 Å². The summed E-state index contributed by atoms with van der Waals surface area (Å²) in [5, 5.41) is 13.3. The second kappa shape index (κ2) is 7.84. The largest absolute Gasteiger partial charge is 0.354 e. The first kappa shape index (κ1) is 17.8. The van der Waals surface area contributed by atoms with E-state index >= 15 is 0 Å². The molecular weight excluding hydrogens is 324 g/mol. The lowest BCUT2D eigenvalue weighted by atomic mass is 9.93. The molecule has 2 aromatic rings. The first-order valence-electron chi connectivity index (χ1n) is 7.87. The summed E-state index contributed by atoms with van der Waals surface area (Å²) in [4.78, 5) is 0. The number of rotatable bonds is 5. The van der Waals surface area contributed by atoms with E-state index in [2.05, 4.69) is 66.1 Å². The number of hydrogen-bond donors (Lipinski definition) is 2. The predicted molar refractivity (Wildman–Crippen MR) is 102 cm³/mol. The summed E-state index contributed by atoms with van der Waals surface area (Å²) in [7, 11) is 0. The van der Waals surface area contributed by atoms with Gasteiger partial charge in [-0.3, -0.25) is 0 Å². The van der Waals surface area contributed by atoms with Crippen molar-refractivity contribution in [2.45, 2.75) is 52.5 Å². The van der Waals surface area contributed by atoms with Crippen LogP contribution >= 0.6 is 23.8 Å². The van der Waals surface area contributed by atoms with Gasteiger partial charge in [0.25, 0.3) is 0 Å². The Morgan fingerprint density at radius 2 is 1.70 bits per heavy atom. The number of benzene rings is 1. The Hall–Kier alpha value is -1.53. The van der Waals surface area contributed by atoms with E-state index in [-0.39, 0.29) is 6.04 Å². The standard InChI is InChI=1S/C17H24N4S2/c1-10(2)13-7-6-8-14(11(3)4)16(13)19-17(22)18-12(5)15-9-23-21-20-15/h6-12H,1-5H3,(H2,18,19,22). The van der Waals surface area contributed by atoms with E-state index in [0.29, 0.717) is 16.9 Å². The topological polar surface area (TPSA) is 49.8 Å². The molecule has 0 spiro atoms. The van der Waals surface area contributed by atoms with Crippen molar-refractivity contribution in [1.82, 2.24) is 14.9 Å². The second-order valence-electron chi connectivity index (χ2n) is 6.27. The Kier molecular flexibility index (Phi) is 6.07. The van der Waals surface area contributed by atoms with Crippen LogP contribution in [0.5, 0.6) is 0 Å². The van der Waals surface area contributed by atoms with Gasteiger partial charge in [0.2, 0.25) is 0 Å². The quantitative estimate of drug-likeness (QED) is 0.758. The molecule has 2 rings (SSSR count). The Morgan fingerprint density at radius 3 is 2.17 bits per heavy atom. The highest BCUT2D eigenvalue weighted by molar-refractivity contribution is 7.80. The summed E-state index contributed by atoms with van der Waals surface area (Å²) in [6, 6.07) is 6.47. The molecule has 6 heteroatoms. The highest BCUT2D eigenvalue weighted by Gasteiger charge is 2.16. The molecule has 23 heavy (non-hydrogen) atoms. The van der Waals surface area contributed by atoms with Gasteiger partial charge in [-0.25, -0.2) is 0 Å². The predicted octanol–water partition coefficient (Wildman–Crippen LogP) is 4.83. The third-order valence-corrected chi connectivity index (χ3v) is 4.52. The molecule has 1 atom stereocenters. The fraction of sp³-hybridized carbons (Fsp3) is 0.471. The van der Waals surface area contributed by atoms with Crippen molar-refractivity contribution < 1.29 is 0 Å². The molecule has 0 aliphatic rings. The smallest absolute Gasteiger partial charge is 0.171 e. The van der Waals surface area contributed by atoms with Crippen molar-refractivity contribution in [1.29, 1.82) is 0 Å². The molecule has 0 saturated carbocycles. The van der Waals surface area contributed by atoms with Gasteiger partial charge in [0.15, 0.2) is 5.11 Å². The number of thiocarbonyl (C=S) groups is 1. The first-order chi connectivity index (χ1) is 10.9. The van der Waals surface area contributed by atoms with Crippen LogP contribution in [0.25, 0.3) is 0 Å². The lowest BCUT2D eigenvalue weighted by Gasteiger charge is -2.22. The van der Waals surface area contributed by atoms with Crippen LogP contribution < -0.4 is 10.6 Å². The molecule has 0 fully saturated rings. The molecule has 1 aromatic carbocycles. The molecule has 0 radical (unpaired) electrons. The molecule has 0 aliphatic heterocycles. The molecule has 1 unspecified atom stereocenters. The monoisotopic (exact) mass is 348 g/mol. The van der Waals surface area contributed by atoms with Gasteiger partial charge in [-0.15, -0.1) is 5.10 Å². The molecular formula is C17H24N4S2. The maximum atomic E-state index is 5.51. The van der Waals surface area contributed by atoms with Crippen molar-refractivity contribution in [2.24, 2.45) is 0 Å². The van der Waals surface area contributed by atoms with E-state index in [4.69, 9.17) is 12.2 Å². The number of para-hydroxylation sites is 1. The summed E-state index contributed by atoms with van der Waals surface area (Å²) in [6.07, 6.45) is 0. The Bertz CT molecular complexity index is 624. The third-order valence-electron chi connectivity index (χ3n) is 3.78. The Balaban J connectivity index is 2.19. The number of aromatic nitrogens is 2. The molecule has 0 saturated heterocycles. The molecule has 4 nitrogen and oxygen atoms in total. The van der Waals surface area contributed by atoms with Gasteiger partial charge in [-0.05, 0) is 53.6 Å². The van der Waals surface area contributed by atoms with Crippen LogP contribution in [-0.4, -0.2) is 14.7 Å². The molecule has 2 N–H and O–H groups in total. The molecule has 1 aromatic heterocycles. The third kappa shape index (κ3) is 4.48. The molecule has 0 amide bonds. The highest BCUT2D eigenvalue weighted by Crippen LogP contribution is 2.32. The molecule has 1 heterocycles. The van der Waals surface area contributed by atoms with Gasteiger partial charge in [-0.1, -0.05) is 50.4 Å². The van der Waals surface area contributed by atoms with Gasteiger partial charge in [0, 0.05) is 11.1 Å². The zero-order valence-corrected chi connectivity index (χ0v) is 15.9. The maximum absolute atomic E-state index is 5.51. The molecule has 0 bridgehead atoms.